The first-order valence-electron chi connectivity index (χ1n) is 7.92. The molecule has 122 valence electrons. The maximum absolute atomic E-state index is 12.4. The molecule has 0 aromatic rings. The fraction of sp³-hybridized carbons (Fsp3) is 0.933. The van der Waals surface area contributed by atoms with E-state index < -0.39 is 16.3 Å². The molecule has 2 fully saturated rings. The predicted molar refractivity (Wildman–Crippen MR) is 84.7 cm³/mol. The van der Waals surface area contributed by atoms with Gasteiger partial charge in [-0.25, -0.2) is 0 Å². The first-order chi connectivity index (χ1) is 9.97. The number of hydrogen-bond acceptors (Lipinski definition) is 5. The van der Waals surface area contributed by atoms with Gasteiger partial charge >= 0.3 is 5.97 Å². The molecule has 0 aromatic carbocycles. The van der Waals surface area contributed by atoms with Crippen molar-refractivity contribution in [2.45, 2.75) is 57.2 Å². The fourth-order valence-electron chi connectivity index (χ4n) is 3.70. The quantitative estimate of drug-likeness (QED) is 0.781. The summed E-state index contributed by atoms with van der Waals surface area (Å²) in [4.78, 5) is 14.8. The van der Waals surface area contributed by atoms with Crippen LogP contribution in [0, 0.1) is 0 Å². The van der Waals surface area contributed by atoms with Crippen LogP contribution >= 0.6 is 0 Å². The van der Waals surface area contributed by atoms with Gasteiger partial charge in [0.1, 0.15) is 5.54 Å². The highest BCUT2D eigenvalue weighted by atomic mass is 32.2. The van der Waals surface area contributed by atoms with Crippen LogP contribution in [0.15, 0.2) is 0 Å². The summed E-state index contributed by atoms with van der Waals surface area (Å²) in [6, 6.07) is 0.637. The van der Waals surface area contributed by atoms with Crippen LogP contribution < -0.4 is 5.32 Å². The zero-order valence-corrected chi connectivity index (χ0v) is 14.2. The molecule has 1 N–H and O–H groups in total. The van der Waals surface area contributed by atoms with Gasteiger partial charge in [-0.1, -0.05) is 0 Å². The summed E-state index contributed by atoms with van der Waals surface area (Å²) in [5.74, 6) is 1.39. The second kappa shape index (κ2) is 7.20. The van der Waals surface area contributed by atoms with E-state index in [4.69, 9.17) is 4.74 Å². The molecule has 5 nitrogen and oxygen atoms in total. The van der Waals surface area contributed by atoms with E-state index in [-0.39, 0.29) is 12.0 Å². The summed E-state index contributed by atoms with van der Waals surface area (Å²) >= 11 is 0. The van der Waals surface area contributed by atoms with Crippen LogP contribution in [0.2, 0.25) is 0 Å². The molecule has 2 unspecified atom stereocenters. The number of esters is 1. The van der Waals surface area contributed by atoms with Gasteiger partial charge in [0.25, 0.3) is 0 Å². The molecule has 0 amide bonds. The predicted octanol–water partition coefficient (Wildman–Crippen LogP) is 0.903. The van der Waals surface area contributed by atoms with Gasteiger partial charge < -0.3 is 4.74 Å². The highest BCUT2D eigenvalue weighted by Gasteiger charge is 2.45. The Balaban J connectivity index is 2.08. The third kappa shape index (κ3) is 4.05. The molecule has 0 bridgehead atoms. The van der Waals surface area contributed by atoms with Crippen molar-refractivity contribution >= 4 is 16.8 Å². The molecular formula is C15H28N2O3S. The van der Waals surface area contributed by atoms with Crippen molar-refractivity contribution in [2.75, 3.05) is 31.7 Å². The van der Waals surface area contributed by atoms with Gasteiger partial charge in [-0.15, -0.1) is 0 Å². The lowest BCUT2D eigenvalue weighted by Crippen LogP contribution is -2.61. The maximum Gasteiger partial charge on any atom is 0.326 e. The zero-order valence-electron chi connectivity index (χ0n) is 13.4. The Morgan fingerprint density at radius 3 is 2.62 bits per heavy atom. The van der Waals surface area contributed by atoms with Crippen molar-refractivity contribution in [1.29, 1.82) is 0 Å². The molecule has 6 heteroatoms. The number of carbonyl (C=O) groups excluding carboxylic acids is 1. The molecule has 0 spiro atoms. The van der Waals surface area contributed by atoms with Crippen molar-refractivity contribution in [3.8, 4) is 0 Å². The van der Waals surface area contributed by atoms with Gasteiger partial charge in [0.15, 0.2) is 0 Å². The number of ether oxygens (including phenoxy) is 1. The van der Waals surface area contributed by atoms with E-state index in [2.05, 4.69) is 24.1 Å². The van der Waals surface area contributed by atoms with Crippen molar-refractivity contribution < 1.29 is 13.7 Å². The minimum Gasteiger partial charge on any atom is -0.468 e. The summed E-state index contributed by atoms with van der Waals surface area (Å²) in [5.41, 5.74) is -0.553. The van der Waals surface area contributed by atoms with Crippen LogP contribution in [0.1, 0.15) is 39.5 Å². The lowest BCUT2D eigenvalue weighted by molar-refractivity contribution is -0.151. The maximum atomic E-state index is 12.4. The molecule has 2 aliphatic rings. The Kier molecular flexibility index (Phi) is 5.80. The molecule has 1 saturated carbocycles. The van der Waals surface area contributed by atoms with Crippen molar-refractivity contribution in [2.24, 2.45) is 0 Å². The van der Waals surface area contributed by atoms with Gasteiger partial charge in [0.05, 0.1) is 7.11 Å². The summed E-state index contributed by atoms with van der Waals surface area (Å²) in [5, 5.41) is 3.46. The van der Waals surface area contributed by atoms with E-state index in [1.165, 1.54) is 7.11 Å². The van der Waals surface area contributed by atoms with Crippen LogP contribution in [0.4, 0.5) is 0 Å². The number of hydrogen-bond donors (Lipinski definition) is 1. The average Bonchev–Trinajstić information content (AvgIpc) is 2.46. The number of methoxy groups -OCH3 is 1. The minimum absolute atomic E-state index is 0.138. The molecule has 0 radical (unpaired) electrons. The lowest BCUT2D eigenvalue weighted by atomic mass is 9.77. The molecule has 2 atom stereocenters. The molecule has 0 aromatic heterocycles. The molecule has 2 rings (SSSR count). The van der Waals surface area contributed by atoms with Crippen LogP contribution in [-0.4, -0.2) is 64.4 Å². The van der Waals surface area contributed by atoms with Gasteiger partial charge in [0.2, 0.25) is 0 Å². The minimum atomic E-state index is -0.653. The first-order valence-corrected chi connectivity index (χ1v) is 9.41. The number of carbonyl (C=O) groups is 1. The number of nitrogens with one attached hydrogen (secondary N) is 1. The smallest absolute Gasteiger partial charge is 0.326 e. The fourth-order valence-corrected chi connectivity index (χ4v) is 4.78. The average molecular weight is 316 g/mol. The second-order valence-electron chi connectivity index (χ2n) is 6.51. The highest BCUT2D eigenvalue weighted by molar-refractivity contribution is 7.85. The Morgan fingerprint density at radius 2 is 2.05 bits per heavy atom. The van der Waals surface area contributed by atoms with Crippen molar-refractivity contribution in [1.82, 2.24) is 10.2 Å². The van der Waals surface area contributed by atoms with E-state index in [0.29, 0.717) is 6.04 Å². The normalized spacial score (nSPS) is 32.3. The van der Waals surface area contributed by atoms with Gasteiger partial charge in [-0.2, -0.15) is 0 Å². The topological polar surface area (TPSA) is 58.6 Å². The van der Waals surface area contributed by atoms with E-state index in [1.54, 1.807) is 0 Å². The standard InChI is InChI=1S/C15H28N2O3S/c1-12(2)16-15(14(18)20-3)6-4-5-13(11-15)17-7-9-21(19)10-8-17/h12-13,16H,4-11H2,1-3H3. The monoisotopic (exact) mass is 316 g/mol. The first kappa shape index (κ1) is 16.9. The van der Waals surface area contributed by atoms with Crippen molar-refractivity contribution in [3.05, 3.63) is 0 Å². The molecule has 1 heterocycles. The summed E-state index contributed by atoms with van der Waals surface area (Å²) in [6.45, 7) is 5.91. The number of rotatable bonds is 4. The summed E-state index contributed by atoms with van der Waals surface area (Å²) in [7, 11) is 0.819. The van der Waals surface area contributed by atoms with Crippen LogP contribution in [0.3, 0.4) is 0 Å². The molecule has 21 heavy (non-hydrogen) atoms. The second-order valence-corrected chi connectivity index (χ2v) is 8.20. The van der Waals surface area contributed by atoms with E-state index >= 15 is 0 Å². The van der Waals surface area contributed by atoms with Gasteiger partial charge in [0, 0.05) is 47.5 Å². The summed E-state index contributed by atoms with van der Waals surface area (Å²) in [6.07, 6.45) is 3.78. The molecule has 1 aliphatic carbocycles. The third-order valence-electron chi connectivity index (χ3n) is 4.59. The van der Waals surface area contributed by atoms with Crippen molar-refractivity contribution in [3.63, 3.8) is 0 Å². The zero-order chi connectivity index (χ0) is 15.5. The highest BCUT2D eigenvalue weighted by Crippen LogP contribution is 2.33. The van der Waals surface area contributed by atoms with Gasteiger partial charge in [-0.05, 0) is 39.5 Å². The Labute approximate surface area is 130 Å². The van der Waals surface area contributed by atoms with Crippen LogP contribution in [-0.2, 0) is 20.3 Å². The van der Waals surface area contributed by atoms with E-state index in [1.807, 2.05) is 0 Å². The lowest BCUT2D eigenvalue weighted by Gasteiger charge is -2.45. The Morgan fingerprint density at radius 1 is 1.38 bits per heavy atom. The largest absolute Gasteiger partial charge is 0.468 e. The van der Waals surface area contributed by atoms with Crippen LogP contribution in [0.5, 0.6) is 0 Å². The molecule has 1 saturated heterocycles. The van der Waals surface area contributed by atoms with Crippen LogP contribution in [0.25, 0.3) is 0 Å². The molecular weight excluding hydrogens is 288 g/mol. The third-order valence-corrected chi connectivity index (χ3v) is 5.87. The molecule has 1 aliphatic heterocycles. The van der Waals surface area contributed by atoms with E-state index in [0.717, 1.165) is 50.3 Å². The van der Waals surface area contributed by atoms with E-state index in [9.17, 15) is 9.00 Å². The Hall–Kier alpha value is -0.460. The Bertz CT molecular complexity index is 392. The van der Waals surface area contributed by atoms with Gasteiger partial charge in [-0.3, -0.25) is 19.2 Å². The summed E-state index contributed by atoms with van der Waals surface area (Å²) < 4.78 is 16.6. The SMILES string of the molecule is COC(=O)C1(NC(C)C)CCCC(N2CCS(=O)CC2)C1. The number of nitrogens with zero attached hydrogens (tertiary/aromatic N) is 1.